The Morgan fingerprint density at radius 3 is 2.74 bits per heavy atom. The molecule has 4 nitrogen and oxygen atoms in total. The summed E-state index contributed by atoms with van der Waals surface area (Å²) in [5.41, 5.74) is 2.12. The first-order valence-corrected chi connectivity index (χ1v) is 6.49. The van der Waals surface area contributed by atoms with Crippen LogP contribution in [-0.2, 0) is 16.0 Å². The van der Waals surface area contributed by atoms with Crippen molar-refractivity contribution in [2.75, 3.05) is 25.0 Å². The molecule has 1 fully saturated rings. The van der Waals surface area contributed by atoms with Gasteiger partial charge in [0.1, 0.15) is 0 Å². The van der Waals surface area contributed by atoms with Gasteiger partial charge in [0.25, 0.3) is 0 Å². The molecule has 1 aliphatic heterocycles. The van der Waals surface area contributed by atoms with Crippen molar-refractivity contribution in [1.29, 1.82) is 0 Å². The fourth-order valence-electron chi connectivity index (χ4n) is 1.99. The van der Waals surface area contributed by atoms with Gasteiger partial charge in [-0.25, -0.2) is 0 Å². The average Bonchev–Trinajstić information content (AvgIpc) is 2.40. The van der Waals surface area contributed by atoms with E-state index in [0.29, 0.717) is 13.0 Å². The number of aryl methyl sites for hydroxylation is 1. The number of hydrogen-bond acceptors (Lipinski definition) is 3. The monoisotopic (exact) mass is 284 g/mol. The van der Waals surface area contributed by atoms with E-state index in [4.69, 9.17) is 4.74 Å². The van der Waals surface area contributed by atoms with Crippen LogP contribution in [0.4, 0.5) is 5.69 Å². The van der Waals surface area contributed by atoms with Crippen LogP contribution in [-0.4, -0.2) is 31.7 Å². The van der Waals surface area contributed by atoms with Crippen LogP contribution in [0, 0.1) is 0 Å². The number of anilines is 1. The van der Waals surface area contributed by atoms with Crippen molar-refractivity contribution in [3.63, 3.8) is 0 Å². The molecule has 1 aliphatic rings. The van der Waals surface area contributed by atoms with Gasteiger partial charge < -0.3 is 15.4 Å². The fraction of sp³-hybridized carbons (Fsp3) is 0.500. The summed E-state index contributed by atoms with van der Waals surface area (Å²) in [5, 5.41) is 6.11. The van der Waals surface area contributed by atoms with Gasteiger partial charge in [0.2, 0.25) is 5.91 Å². The van der Waals surface area contributed by atoms with E-state index in [9.17, 15) is 4.79 Å². The molecule has 0 bridgehead atoms. The quantitative estimate of drug-likeness (QED) is 0.889. The molecule has 1 amide bonds. The lowest BCUT2D eigenvalue weighted by atomic mass is 10.1. The zero-order chi connectivity index (χ0) is 12.8. The molecule has 0 aromatic heterocycles. The molecule has 106 valence electrons. The number of nitrogens with one attached hydrogen (secondary N) is 2. The number of benzene rings is 1. The maximum absolute atomic E-state index is 11.8. The number of carbonyl (C=O) groups is 1. The van der Waals surface area contributed by atoms with E-state index >= 15 is 0 Å². The van der Waals surface area contributed by atoms with E-state index < -0.39 is 0 Å². The Morgan fingerprint density at radius 2 is 2.16 bits per heavy atom. The highest BCUT2D eigenvalue weighted by Gasteiger charge is 2.17. The van der Waals surface area contributed by atoms with E-state index in [-0.39, 0.29) is 24.4 Å². The Morgan fingerprint density at radius 1 is 1.42 bits per heavy atom. The highest BCUT2D eigenvalue weighted by Crippen LogP contribution is 2.11. The first-order chi connectivity index (χ1) is 8.78. The third-order valence-corrected chi connectivity index (χ3v) is 3.06. The molecular formula is C14H21ClN2O2. The minimum atomic E-state index is -0.00587. The van der Waals surface area contributed by atoms with Crippen LogP contribution in [0.15, 0.2) is 24.3 Å². The zero-order valence-corrected chi connectivity index (χ0v) is 12.0. The molecule has 2 N–H and O–H groups in total. The molecular weight excluding hydrogens is 264 g/mol. The molecule has 1 atom stereocenters. The molecule has 0 aliphatic carbocycles. The summed E-state index contributed by atoms with van der Waals surface area (Å²) in [6.07, 6.45) is 1.41. The summed E-state index contributed by atoms with van der Waals surface area (Å²) < 4.78 is 5.50. The average molecular weight is 285 g/mol. The second-order valence-electron chi connectivity index (χ2n) is 4.50. The zero-order valence-electron chi connectivity index (χ0n) is 11.1. The first-order valence-electron chi connectivity index (χ1n) is 6.49. The normalized spacial score (nSPS) is 18.5. The lowest BCUT2D eigenvalue weighted by molar-refractivity contribution is -0.119. The van der Waals surface area contributed by atoms with Gasteiger partial charge in [-0.3, -0.25) is 4.79 Å². The van der Waals surface area contributed by atoms with Crippen LogP contribution in [0.3, 0.4) is 0 Å². The molecule has 0 saturated carbocycles. The third kappa shape index (κ3) is 5.19. The van der Waals surface area contributed by atoms with Crippen molar-refractivity contribution >= 4 is 24.0 Å². The standard InChI is InChI=1S/C14H20N2O2.ClH/c1-2-11-3-5-12(6-4-11)16-14(17)9-13-10-15-7-8-18-13;/h3-6,13,15H,2,7-10H2,1H3,(H,16,17);1H. The van der Waals surface area contributed by atoms with Crippen molar-refractivity contribution in [3.8, 4) is 0 Å². The molecule has 1 unspecified atom stereocenters. The third-order valence-electron chi connectivity index (χ3n) is 3.06. The second kappa shape index (κ2) is 8.15. The molecule has 2 rings (SSSR count). The second-order valence-corrected chi connectivity index (χ2v) is 4.50. The van der Waals surface area contributed by atoms with Crippen molar-refractivity contribution in [3.05, 3.63) is 29.8 Å². The number of carbonyl (C=O) groups excluding carboxylic acids is 1. The van der Waals surface area contributed by atoms with Crippen LogP contribution in [0.25, 0.3) is 0 Å². The minimum Gasteiger partial charge on any atom is -0.375 e. The number of amides is 1. The smallest absolute Gasteiger partial charge is 0.227 e. The van der Waals surface area contributed by atoms with E-state index in [1.165, 1.54) is 5.56 Å². The van der Waals surface area contributed by atoms with Crippen LogP contribution >= 0.6 is 12.4 Å². The van der Waals surface area contributed by atoms with Gasteiger partial charge >= 0.3 is 0 Å². The van der Waals surface area contributed by atoms with Gasteiger partial charge in [0.15, 0.2) is 0 Å². The lowest BCUT2D eigenvalue weighted by Gasteiger charge is -2.23. The van der Waals surface area contributed by atoms with Gasteiger partial charge in [-0.1, -0.05) is 19.1 Å². The highest BCUT2D eigenvalue weighted by molar-refractivity contribution is 5.91. The lowest BCUT2D eigenvalue weighted by Crippen LogP contribution is -2.40. The molecule has 1 aromatic carbocycles. The van der Waals surface area contributed by atoms with E-state index in [2.05, 4.69) is 17.6 Å². The fourth-order valence-corrected chi connectivity index (χ4v) is 1.99. The molecule has 0 radical (unpaired) electrons. The van der Waals surface area contributed by atoms with E-state index in [1.807, 2.05) is 24.3 Å². The summed E-state index contributed by atoms with van der Waals surface area (Å²) in [7, 11) is 0. The molecule has 1 aromatic rings. The predicted octanol–water partition coefficient (Wildman–Crippen LogP) is 1.99. The molecule has 5 heteroatoms. The maximum Gasteiger partial charge on any atom is 0.227 e. The number of halogens is 1. The Balaban J connectivity index is 0.00000180. The first kappa shape index (κ1) is 16.0. The van der Waals surface area contributed by atoms with Crippen LogP contribution < -0.4 is 10.6 Å². The molecule has 1 heterocycles. The summed E-state index contributed by atoms with van der Waals surface area (Å²) in [6, 6.07) is 7.95. The van der Waals surface area contributed by atoms with E-state index in [1.54, 1.807) is 0 Å². The van der Waals surface area contributed by atoms with Gasteiger partial charge in [-0.05, 0) is 24.1 Å². The summed E-state index contributed by atoms with van der Waals surface area (Å²) in [5.74, 6) is 0.00736. The van der Waals surface area contributed by atoms with E-state index in [0.717, 1.165) is 25.2 Å². The minimum absolute atomic E-state index is 0. The van der Waals surface area contributed by atoms with Gasteiger partial charge in [-0.2, -0.15) is 0 Å². The van der Waals surface area contributed by atoms with Crippen molar-refractivity contribution in [2.24, 2.45) is 0 Å². The summed E-state index contributed by atoms with van der Waals surface area (Å²) in [6.45, 7) is 4.42. The Bertz CT molecular complexity index is 389. The SMILES string of the molecule is CCc1ccc(NC(=O)CC2CNCCO2)cc1.Cl. The summed E-state index contributed by atoms with van der Waals surface area (Å²) in [4.78, 5) is 11.8. The topological polar surface area (TPSA) is 50.4 Å². The highest BCUT2D eigenvalue weighted by atomic mass is 35.5. The molecule has 0 spiro atoms. The van der Waals surface area contributed by atoms with Gasteiger partial charge in [0.05, 0.1) is 19.1 Å². The predicted molar refractivity (Wildman–Crippen MR) is 78.9 cm³/mol. The Kier molecular flexibility index (Phi) is 6.84. The Labute approximate surface area is 120 Å². The number of hydrogen-bond donors (Lipinski definition) is 2. The van der Waals surface area contributed by atoms with Gasteiger partial charge in [0, 0.05) is 18.8 Å². The van der Waals surface area contributed by atoms with Crippen LogP contribution in [0.1, 0.15) is 18.9 Å². The van der Waals surface area contributed by atoms with Crippen LogP contribution in [0.5, 0.6) is 0 Å². The maximum atomic E-state index is 11.8. The van der Waals surface area contributed by atoms with Crippen molar-refractivity contribution in [2.45, 2.75) is 25.9 Å². The van der Waals surface area contributed by atoms with Crippen LogP contribution in [0.2, 0.25) is 0 Å². The Hall–Kier alpha value is -1.10. The number of ether oxygens (including phenoxy) is 1. The van der Waals surface area contributed by atoms with Crippen molar-refractivity contribution < 1.29 is 9.53 Å². The number of rotatable bonds is 4. The molecule has 1 saturated heterocycles. The largest absolute Gasteiger partial charge is 0.375 e. The molecule has 19 heavy (non-hydrogen) atoms. The summed E-state index contributed by atoms with van der Waals surface area (Å²) >= 11 is 0. The number of morpholine rings is 1. The van der Waals surface area contributed by atoms with Gasteiger partial charge in [-0.15, -0.1) is 12.4 Å². The van der Waals surface area contributed by atoms with Crippen molar-refractivity contribution in [1.82, 2.24) is 5.32 Å².